The van der Waals surface area contributed by atoms with Crippen LogP contribution in [0.5, 0.6) is 0 Å². The van der Waals surface area contributed by atoms with E-state index < -0.39 is 0 Å². The molecule has 0 atom stereocenters. The average Bonchev–Trinajstić information content (AvgIpc) is 2.43. The highest BCUT2D eigenvalue weighted by molar-refractivity contribution is 5.48. The quantitative estimate of drug-likeness (QED) is 0.817. The lowest BCUT2D eigenvalue weighted by Crippen LogP contribution is -2.23. The summed E-state index contributed by atoms with van der Waals surface area (Å²) < 4.78 is 0. The number of rotatable bonds is 7. The van der Waals surface area contributed by atoms with Crippen molar-refractivity contribution < 1.29 is 0 Å². The van der Waals surface area contributed by atoms with Crippen molar-refractivity contribution in [3.8, 4) is 6.07 Å². The number of nitrogens with zero attached hydrogens (tertiary/aromatic N) is 4. The van der Waals surface area contributed by atoms with Gasteiger partial charge >= 0.3 is 0 Å². The van der Waals surface area contributed by atoms with Crippen LogP contribution in [0, 0.1) is 16.7 Å². The van der Waals surface area contributed by atoms with Gasteiger partial charge in [0.2, 0.25) is 0 Å². The Balaban J connectivity index is 2.64. The molecule has 1 aromatic heterocycles. The molecule has 0 aromatic carbocycles. The molecule has 1 aromatic rings. The van der Waals surface area contributed by atoms with Gasteiger partial charge in [-0.15, -0.1) is 0 Å². The molecule has 1 heterocycles. The Kier molecular flexibility index (Phi) is 5.56. The van der Waals surface area contributed by atoms with Crippen LogP contribution in [0.3, 0.4) is 0 Å². The third kappa shape index (κ3) is 5.12. The van der Waals surface area contributed by atoms with Crippen molar-refractivity contribution in [1.82, 2.24) is 9.97 Å². The van der Waals surface area contributed by atoms with Crippen LogP contribution in [0.1, 0.15) is 33.6 Å². The number of nitrogens with one attached hydrogen (secondary N) is 1. The normalized spacial score (nSPS) is 10.9. The Morgan fingerprint density at radius 2 is 2.16 bits per heavy atom. The van der Waals surface area contributed by atoms with E-state index in [0.29, 0.717) is 13.0 Å². The number of anilines is 2. The van der Waals surface area contributed by atoms with Crippen LogP contribution >= 0.6 is 0 Å². The zero-order chi connectivity index (χ0) is 14.3. The summed E-state index contributed by atoms with van der Waals surface area (Å²) in [7, 11) is 1.93. The molecular formula is C14H23N5. The maximum absolute atomic E-state index is 8.60. The molecule has 104 valence electrons. The second kappa shape index (κ2) is 6.93. The van der Waals surface area contributed by atoms with E-state index in [1.165, 1.54) is 0 Å². The second-order valence-electron chi connectivity index (χ2n) is 5.46. The van der Waals surface area contributed by atoms with Gasteiger partial charge in [-0.05, 0) is 11.8 Å². The highest BCUT2D eigenvalue weighted by Gasteiger charge is 2.15. The summed E-state index contributed by atoms with van der Waals surface area (Å²) in [6.45, 7) is 8.18. The third-order valence-corrected chi connectivity index (χ3v) is 3.31. The Labute approximate surface area is 115 Å². The third-order valence-electron chi connectivity index (χ3n) is 3.31. The van der Waals surface area contributed by atoms with Crippen LogP contribution in [0.15, 0.2) is 12.4 Å². The van der Waals surface area contributed by atoms with Gasteiger partial charge in [0, 0.05) is 26.2 Å². The molecule has 0 saturated heterocycles. The van der Waals surface area contributed by atoms with E-state index in [0.717, 1.165) is 24.6 Å². The Bertz CT molecular complexity index is 436. The summed E-state index contributed by atoms with van der Waals surface area (Å²) in [5.41, 5.74) is 0.248. The maximum Gasteiger partial charge on any atom is 0.133 e. The lowest BCUT2D eigenvalue weighted by atomic mass is 9.90. The van der Waals surface area contributed by atoms with Crippen molar-refractivity contribution in [2.75, 3.05) is 30.4 Å². The first kappa shape index (κ1) is 15.2. The van der Waals surface area contributed by atoms with Gasteiger partial charge in [0.05, 0.1) is 12.5 Å². The highest BCUT2D eigenvalue weighted by atomic mass is 15.2. The van der Waals surface area contributed by atoms with E-state index in [1.54, 1.807) is 6.33 Å². The van der Waals surface area contributed by atoms with Crippen molar-refractivity contribution in [1.29, 1.82) is 5.26 Å². The first-order valence-electron chi connectivity index (χ1n) is 6.62. The molecule has 0 bridgehead atoms. The minimum atomic E-state index is 0.248. The first-order valence-corrected chi connectivity index (χ1v) is 6.62. The molecule has 19 heavy (non-hydrogen) atoms. The van der Waals surface area contributed by atoms with Gasteiger partial charge in [0.25, 0.3) is 0 Å². The fraction of sp³-hybridized carbons (Fsp3) is 0.643. The maximum atomic E-state index is 8.60. The van der Waals surface area contributed by atoms with Crippen molar-refractivity contribution in [3.63, 3.8) is 0 Å². The Hall–Kier alpha value is -1.83. The fourth-order valence-electron chi connectivity index (χ4n) is 1.44. The molecule has 0 unspecified atom stereocenters. The van der Waals surface area contributed by atoms with E-state index in [2.05, 4.69) is 42.1 Å². The van der Waals surface area contributed by atoms with Crippen LogP contribution < -0.4 is 10.2 Å². The van der Waals surface area contributed by atoms with Gasteiger partial charge in [0.15, 0.2) is 0 Å². The van der Waals surface area contributed by atoms with Gasteiger partial charge in [-0.3, -0.25) is 0 Å². The number of nitriles is 1. The van der Waals surface area contributed by atoms with Crippen LogP contribution in [0.4, 0.5) is 11.6 Å². The molecule has 5 heteroatoms. The van der Waals surface area contributed by atoms with Crippen LogP contribution in [-0.2, 0) is 0 Å². The Morgan fingerprint density at radius 1 is 1.42 bits per heavy atom. The predicted molar refractivity (Wildman–Crippen MR) is 78.1 cm³/mol. The Morgan fingerprint density at radius 3 is 2.79 bits per heavy atom. The lowest BCUT2D eigenvalue weighted by Gasteiger charge is -2.23. The topological polar surface area (TPSA) is 64.8 Å². The summed E-state index contributed by atoms with van der Waals surface area (Å²) in [6.07, 6.45) is 3.16. The number of hydrogen-bond acceptors (Lipinski definition) is 5. The van der Waals surface area contributed by atoms with Crippen molar-refractivity contribution in [3.05, 3.63) is 12.4 Å². The van der Waals surface area contributed by atoms with E-state index in [1.807, 2.05) is 18.0 Å². The zero-order valence-electron chi connectivity index (χ0n) is 12.3. The standard InChI is InChI=1S/C14H23N5/c1-5-14(2,3)10-16-12-9-13(18-11-17-12)19(4)8-6-7-15/h9,11H,5-6,8,10H2,1-4H3,(H,16,17,18). The predicted octanol–water partition coefficient (Wildman–Crippen LogP) is 2.67. The smallest absolute Gasteiger partial charge is 0.133 e. The highest BCUT2D eigenvalue weighted by Crippen LogP contribution is 2.20. The molecular weight excluding hydrogens is 238 g/mol. The van der Waals surface area contributed by atoms with Gasteiger partial charge in [0.1, 0.15) is 18.0 Å². The van der Waals surface area contributed by atoms with E-state index in [9.17, 15) is 0 Å². The number of hydrogen-bond donors (Lipinski definition) is 1. The van der Waals surface area contributed by atoms with Gasteiger partial charge in [-0.2, -0.15) is 5.26 Å². The second-order valence-corrected chi connectivity index (χ2v) is 5.46. The van der Waals surface area contributed by atoms with Gasteiger partial charge in [-0.25, -0.2) is 9.97 Å². The van der Waals surface area contributed by atoms with Crippen molar-refractivity contribution in [2.45, 2.75) is 33.6 Å². The molecule has 0 radical (unpaired) electrons. The van der Waals surface area contributed by atoms with Gasteiger partial charge < -0.3 is 10.2 Å². The SMILES string of the molecule is CCC(C)(C)CNc1cc(N(C)CCC#N)ncn1. The van der Waals surface area contributed by atoms with Crippen LogP contribution in [0.2, 0.25) is 0 Å². The molecule has 0 aliphatic heterocycles. The minimum absolute atomic E-state index is 0.248. The minimum Gasteiger partial charge on any atom is -0.369 e. The molecule has 0 saturated carbocycles. The number of aromatic nitrogens is 2. The van der Waals surface area contributed by atoms with E-state index >= 15 is 0 Å². The van der Waals surface area contributed by atoms with Crippen molar-refractivity contribution >= 4 is 11.6 Å². The monoisotopic (exact) mass is 261 g/mol. The molecule has 1 rings (SSSR count). The summed E-state index contributed by atoms with van der Waals surface area (Å²) in [4.78, 5) is 10.4. The van der Waals surface area contributed by atoms with Crippen LogP contribution in [0.25, 0.3) is 0 Å². The van der Waals surface area contributed by atoms with E-state index in [-0.39, 0.29) is 5.41 Å². The molecule has 0 aliphatic rings. The average molecular weight is 261 g/mol. The summed E-state index contributed by atoms with van der Waals surface area (Å²) in [5.74, 6) is 1.66. The molecule has 0 spiro atoms. The molecule has 5 nitrogen and oxygen atoms in total. The van der Waals surface area contributed by atoms with Gasteiger partial charge in [-0.1, -0.05) is 20.8 Å². The zero-order valence-corrected chi connectivity index (χ0v) is 12.3. The van der Waals surface area contributed by atoms with Crippen molar-refractivity contribution in [2.24, 2.45) is 5.41 Å². The summed E-state index contributed by atoms with van der Waals surface area (Å²) in [6, 6.07) is 4.05. The summed E-state index contributed by atoms with van der Waals surface area (Å²) in [5, 5.41) is 11.9. The molecule has 0 fully saturated rings. The molecule has 0 amide bonds. The largest absolute Gasteiger partial charge is 0.369 e. The van der Waals surface area contributed by atoms with E-state index in [4.69, 9.17) is 5.26 Å². The first-order chi connectivity index (χ1) is 8.98. The molecule has 1 N–H and O–H groups in total. The van der Waals surface area contributed by atoms with Crippen LogP contribution in [-0.4, -0.2) is 30.1 Å². The molecule has 0 aliphatic carbocycles. The summed E-state index contributed by atoms with van der Waals surface area (Å²) >= 11 is 0. The lowest BCUT2D eigenvalue weighted by molar-refractivity contribution is 0.376. The fourth-order valence-corrected chi connectivity index (χ4v) is 1.44.